The summed E-state index contributed by atoms with van der Waals surface area (Å²) < 4.78 is 5.47. The maximum absolute atomic E-state index is 5.47. The van der Waals surface area contributed by atoms with Gasteiger partial charge in [-0.1, -0.05) is 48.9 Å². The van der Waals surface area contributed by atoms with Crippen LogP contribution in [0.5, 0.6) is 5.75 Å². The Hall–Kier alpha value is -3.21. The van der Waals surface area contributed by atoms with Crippen LogP contribution in [-0.2, 0) is 6.42 Å². The fourth-order valence-corrected chi connectivity index (χ4v) is 2.71. The molecule has 0 aliphatic carbocycles. The van der Waals surface area contributed by atoms with E-state index in [4.69, 9.17) is 4.74 Å². The standard InChI is InChI=1S/C22H24N4O/c1-5-21-23-19(18-8-6-7-9-20(18)27-4)14-22(24-21)26-25-16(3)17-12-10-15(2)11-13-17/h6-14H,5H2,1-4H3,(H,23,24,26)/b25-16-. The fourth-order valence-electron chi connectivity index (χ4n) is 2.71. The SMILES string of the molecule is CCc1nc(N/N=C(/C)c2ccc(C)cc2)cc(-c2ccccc2OC)n1. The highest BCUT2D eigenvalue weighted by Crippen LogP contribution is 2.29. The molecule has 1 heterocycles. The molecule has 138 valence electrons. The number of aromatic nitrogens is 2. The van der Waals surface area contributed by atoms with Crippen molar-refractivity contribution in [2.75, 3.05) is 12.5 Å². The van der Waals surface area contributed by atoms with E-state index in [0.717, 1.165) is 40.5 Å². The number of hydrogen-bond acceptors (Lipinski definition) is 5. The lowest BCUT2D eigenvalue weighted by molar-refractivity contribution is 0.416. The predicted octanol–water partition coefficient (Wildman–Crippen LogP) is 4.86. The summed E-state index contributed by atoms with van der Waals surface area (Å²) in [4.78, 5) is 9.19. The number of nitrogens with one attached hydrogen (secondary N) is 1. The van der Waals surface area contributed by atoms with Crippen LogP contribution in [0.15, 0.2) is 59.7 Å². The highest BCUT2D eigenvalue weighted by atomic mass is 16.5. The van der Waals surface area contributed by atoms with E-state index in [1.807, 2.05) is 44.2 Å². The van der Waals surface area contributed by atoms with Crippen molar-refractivity contribution in [2.45, 2.75) is 27.2 Å². The molecule has 5 nitrogen and oxygen atoms in total. The summed E-state index contributed by atoms with van der Waals surface area (Å²) in [5.41, 5.74) is 8.01. The average molecular weight is 360 g/mol. The van der Waals surface area contributed by atoms with E-state index in [2.05, 4.69) is 51.7 Å². The van der Waals surface area contributed by atoms with Gasteiger partial charge in [0, 0.05) is 18.1 Å². The molecule has 0 unspecified atom stereocenters. The summed E-state index contributed by atoms with van der Waals surface area (Å²) >= 11 is 0. The maximum atomic E-state index is 5.47. The molecule has 0 saturated carbocycles. The molecule has 0 fully saturated rings. The van der Waals surface area contributed by atoms with Gasteiger partial charge in [0.2, 0.25) is 0 Å². The number of ether oxygens (including phenoxy) is 1. The van der Waals surface area contributed by atoms with E-state index < -0.39 is 0 Å². The molecule has 3 rings (SSSR count). The van der Waals surface area contributed by atoms with Gasteiger partial charge in [0.15, 0.2) is 5.82 Å². The second-order valence-electron chi connectivity index (χ2n) is 6.28. The summed E-state index contributed by atoms with van der Waals surface area (Å²) in [5.74, 6) is 2.20. The van der Waals surface area contributed by atoms with Crippen molar-refractivity contribution in [2.24, 2.45) is 5.10 Å². The Bertz CT molecular complexity index is 949. The van der Waals surface area contributed by atoms with Gasteiger partial charge in [0.25, 0.3) is 0 Å². The lowest BCUT2D eigenvalue weighted by Crippen LogP contribution is -2.04. The second-order valence-corrected chi connectivity index (χ2v) is 6.28. The molecule has 3 aromatic rings. The van der Waals surface area contributed by atoms with Gasteiger partial charge < -0.3 is 4.74 Å². The molecule has 0 bridgehead atoms. The van der Waals surface area contributed by atoms with Crippen molar-refractivity contribution in [1.82, 2.24) is 9.97 Å². The van der Waals surface area contributed by atoms with E-state index in [0.29, 0.717) is 5.82 Å². The number of hydrazone groups is 1. The third-order valence-corrected chi connectivity index (χ3v) is 4.28. The van der Waals surface area contributed by atoms with Crippen LogP contribution < -0.4 is 10.2 Å². The van der Waals surface area contributed by atoms with Crippen molar-refractivity contribution in [3.8, 4) is 17.0 Å². The lowest BCUT2D eigenvalue weighted by Gasteiger charge is -2.11. The number of aryl methyl sites for hydroxylation is 2. The number of rotatable bonds is 6. The summed E-state index contributed by atoms with van der Waals surface area (Å²) in [7, 11) is 1.66. The van der Waals surface area contributed by atoms with E-state index in [9.17, 15) is 0 Å². The molecular formula is C22H24N4O. The van der Waals surface area contributed by atoms with E-state index in [-0.39, 0.29) is 0 Å². The molecule has 27 heavy (non-hydrogen) atoms. The minimum atomic E-state index is 0.661. The van der Waals surface area contributed by atoms with Crippen LogP contribution in [0.2, 0.25) is 0 Å². The Morgan fingerprint density at radius 3 is 2.52 bits per heavy atom. The molecule has 2 aromatic carbocycles. The van der Waals surface area contributed by atoms with Crippen molar-refractivity contribution >= 4 is 11.5 Å². The Morgan fingerprint density at radius 2 is 1.81 bits per heavy atom. The topological polar surface area (TPSA) is 59.4 Å². The van der Waals surface area contributed by atoms with Crippen LogP contribution in [0.1, 0.15) is 30.8 Å². The number of hydrogen-bond donors (Lipinski definition) is 1. The quantitative estimate of drug-likeness (QED) is 0.504. The van der Waals surface area contributed by atoms with Crippen LogP contribution in [0.3, 0.4) is 0 Å². The fraction of sp³-hybridized carbons (Fsp3) is 0.227. The third-order valence-electron chi connectivity index (χ3n) is 4.28. The molecule has 0 radical (unpaired) electrons. The largest absolute Gasteiger partial charge is 0.496 e. The first-order valence-corrected chi connectivity index (χ1v) is 8.99. The lowest BCUT2D eigenvalue weighted by atomic mass is 10.1. The Labute approximate surface area is 160 Å². The van der Waals surface area contributed by atoms with Crippen LogP contribution in [0, 0.1) is 6.92 Å². The smallest absolute Gasteiger partial charge is 0.150 e. The first-order chi connectivity index (χ1) is 13.1. The number of para-hydroxylation sites is 1. The zero-order valence-corrected chi connectivity index (χ0v) is 16.2. The Kier molecular flexibility index (Phi) is 5.81. The van der Waals surface area contributed by atoms with E-state index >= 15 is 0 Å². The number of nitrogens with zero attached hydrogens (tertiary/aromatic N) is 3. The summed E-state index contributed by atoms with van der Waals surface area (Å²) in [6.45, 7) is 6.08. The van der Waals surface area contributed by atoms with Crippen molar-refractivity contribution in [3.63, 3.8) is 0 Å². The normalized spacial score (nSPS) is 11.3. The van der Waals surface area contributed by atoms with Crippen LogP contribution in [0.4, 0.5) is 5.82 Å². The maximum Gasteiger partial charge on any atom is 0.150 e. The number of anilines is 1. The third kappa shape index (κ3) is 4.50. The van der Waals surface area contributed by atoms with Gasteiger partial charge in [-0.25, -0.2) is 9.97 Å². The van der Waals surface area contributed by atoms with E-state index in [1.165, 1.54) is 5.56 Å². The molecule has 0 saturated heterocycles. The zero-order chi connectivity index (χ0) is 19.2. The van der Waals surface area contributed by atoms with E-state index in [1.54, 1.807) is 7.11 Å². The molecule has 0 spiro atoms. The number of methoxy groups -OCH3 is 1. The molecule has 5 heteroatoms. The van der Waals surface area contributed by atoms with Gasteiger partial charge in [0.1, 0.15) is 11.6 Å². The molecule has 0 atom stereocenters. The van der Waals surface area contributed by atoms with Crippen LogP contribution in [0.25, 0.3) is 11.3 Å². The Balaban J connectivity index is 1.92. The molecular weight excluding hydrogens is 336 g/mol. The first-order valence-electron chi connectivity index (χ1n) is 8.99. The summed E-state index contributed by atoms with van der Waals surface area (Å²) in [6, 6.07) is 18.0. The van der Waals surface area contributed by atoms with Crippen LogP contribution >= 0.6 is 0 Å². The monoisotopic (exact) mass is 360 g/mol. The highest BCUT2D eigenvalue weighted by molar-refractivity contribution is 5.99. The molecule has 0 aliphatic heterocycles. The molecule has 0 aliphatic rings. The predicted molar refractivity (Wildman–Crippen MR) is 110 cm³/mol. The van der Waals surface area contributed by atoms with Gasteiger partial charge in [0.05, 0.1) is 18.5 Å². The van der Waals surface area contributed by atoms with Crippen molar-refractivity contribution < 1.29 is 4.74 Å². The van der Waals surface area contributed by atoms with Gasteiger partial charge in [-0.05, 0) is 31.5 Å². The average Bonchev–Trinajstić information content (AvgIpc) is 2.72. The van der Waals surface area contributed by atoms with Gasteiger partial charge in [-0.15, -0.1) is 0 Å². The Morgan fingerprint density at radius 1 is 1.07 bits per heavy atom. The van der Waals surface area contributed by atoms with Gasteiger partial charge in [-0.2, -0.15) is 5.10 Å². The first kappa shape index (κ1) is 18.6. The van der Waals surface area contributed by atoms with Gasteiger partial charge in [-0.3, -0.25) is 5.43 Å². The second kappa shape index (κ2) is 8.45. The van der Waals surface area contributed by atoms with Crippen LogP contribution in [-0.4, -0.2) is 22.8 Å². The van der Waals surface area contributed by atoms with Gasteiger partial charge >= 0.3 is 0 Å². The molecule has 1 aromatic heterocycles. The minimum absolute atomic E-state index is 0.661. The minimum Gasteiger partial charge on any atom is -0.496 e. The summed E-state index contributed by atoms with van der Waals surface area (Å²) in [6.07, 6.45) is 0.734. The van der Waals surface area contributed by atoms with Crippen molar-refractivity contribution in [1.29, 1.82) is 0 Å². The summed E-state index contributed by atoms with van der Waals surface area (Å²) in [5, 5.41) is 4.49. The highest BCUT2D eigenvalue weighted by Gasteiger charge is 2.10. The molecule has 1 N–H and O–H groups in total. The number of benzene rings is 2. The van der Waals surface area contributed by atoms with Crippen molar-refractivity contribution in [3.05, 3.63) is 71.5 Å². The molecule has 0 amide bonds. The zero-order valence-electron chi connectivity index (χ0n) is 16.2.